The fourth-order valence-corrected chi connectivity index (χ4v) is 4.71. The number of fused-ring (bicyclic) bond motifs is 1. The van der Waals surface area contributed by atoms with Crippen LogP contribution in [0.1, 0.15) is 47.9 Å². The van der Waals surface area contributed by atoms with E-state index in [9.17, 15) is 18.0 Å². The Morgan fingerprint density at radius 3 is 2.46 bits per heavy atom. The van der Waals surface area contributed by atoms with Crippen LogP contribution in [-0.2, 0) is 17.5 Å². The second-order valence-electron chi connectivity index (χ2n) is 9.63. The Bertz CT molecular complexity index is 1500. The molecule has 1 N–H and O–H groups in total. The largest absolute Gasteiger partial charge is 0.497 e. The van der Waals surface area contributed by atoms with Gasteiger partial charge in [0.15, 0.2) is 11.5 Å². The number of carbonyl (C=O) groups is 1. The van der Waals surface area contributed by atoms with Gasteiger partial charge in [-0.2, -0.15) is 13.2 Å². The summed E-state index contributed by atoms with van der Waals surface area (Å²) in [4.78, 5) is 26.1. The van der Waals surface area contributed by atoms with Crippen LogP contribution in [0.3, 0.4) is 0 Å². The van der Waals surface area contributed by atoms with Gasteiger partial charge in [-0.15, -0.1) is 0 Å². The van der Waals surface area contributed by atoms with Gasteiger partial charge in [-0.1, -0.05) is 30.7 Å². The maximum atomic E-state index is 13.2. The number of methoxy groups -OCH3 is 2. The minimum Gasteiger partial charge on any atom is -0.497 e. The number of benzene rings is 2. The van der Waals surface area contributed by atoms with Crippen molar-refractivity contribution in [2.45, 2.75) is 44.9 Å². The van der Waals surface area contributed by atoms with Crippen LogP contribution in [0.25, 0.3) is 22.6 Å². The molecule has 0 spiro atoms. The van der Waals surface area contributed by atoms with Gasteiger partial charge in [0.1, 0.15) is 17.1 Å². The predicted octanol–water partition coefficient (Wildman–Crippen LogP) is 5.96. The summed E-state index contributed by atoms with van der Waals surface area (Å²) in [5.74, 6) is 1.15. The summed E-state index contributed by atoms with van der Waals surface area (Å²) >= 11 is 0. The molecule has 0 saturated heterocycles. The van der Waals surface area contributed by atoms with E-state index >= 15 is 0 Å². The van der Waals surface area contributed by atoms with Gasteiger partial charge in [0, 0.05) is 18.2 Å². The number of ether oxygens (including phenoxy) is 2. The standard InChI is InChI=1S/C28H28F3N5O3/c1-16(18-6-4-7-18)32-23-22-24(34-25(33-23)27(37)39-3)35-26(19-8-5-9-21(14-19)38-2)36(22)15-17-10-12-20(13-11-17)28(29,30)31/h5,8-14,16,18H,4,6-7,15H2,1-3H3,(H,32,33,34)/t16-/m1/s1. The molecule has 0 aliphatic heterocycles. The number of esters is 1. The first-order valence-electron chi connectivity index (χ1n) is 12.6. The van der Waals surface area contributed by atoms with Crippen molar-refractivity contribution < 1.29 is 27.4 Å². The van der Waals surface area contributed by atoms with Gasteiger partial charge in [-0.25, -0.2) is 19.7 Å². The molecule has 1 fully saturated rings. The number of alkyl halides is 3. The van der Waals surface area contributed by atoms with E-state index in [1.807, 2.05) is 22.8 Å². The lowest BCUT2D eigenvalue weighted by atomic mass is 9.80. The number of carbonyl (C=O) groups excluding carboxylic acids is 1. The molecule has 1 aliphatic rings. The number of anilines is 1. The van der Waals surface area contributed by atoms with E-state index in [0.717, 1.165) is 31.4 Å². The van der Waals surface area contributed by atoms with Crippen molar-refractivity contribution in [3.05, 3.63) is 65.5 Å². The molecule has 0 amide bonds. The molecule has 2 heterocycles. The van der Waals surface area contributed by atoms with Gasteiger partial charge in [-0.3, -0.25) is 0 Å². The Labute approximate surface area is 223 Å². The van der Waals surface area contributed by atoms with Crippen molar-refractivity contribution in [2.24, 2.45) is 5.92 Å². The molecule has 1 saturated carbocycles. The highest BCUT2D eigenvalue weighted by Crippen LogP contribution is 2.35. The van der Waals surface area contributed by atoms with Crippen LogP contribution in [0.5, 0.6) is 5.75 Å². The Balaban J connectivity index is 1.69. The van der Waals surface area contributed by atoms with Gasteiger partial charge in [0.25, 0.3) is 0 Å². The number of nitrogens with one attached hydrogen (secondary N) is 1. The molecule has 1 aliphatic carbocycles. The highest BCUT2D eigenvalue weighted by Gasteiger charge is 2.30. The van der Waals surface area contributed by atoms with Crippen molar-refractivity contribution >= 4 is 23.0 Å². The van der Waals surface area contributed by atoms with Gasteiger partial charge < -0.3 is 19.4 Å². The lowest BCUT2D eigenvalue weighted by Gasteiger charge is -2.32. The second kappa shape index (κ2) is 10.5. The molecule has 11 heteroatoms. The molecule has 0 unspecified atom stereocenters. The number of nitrogens with zero attached hydrogens (tertiary/aromatic N) is 4. The maximum Gasteiger partial charge on any atom is 0.416 e. The molecule has 2 aromatic carbocycles. The average molecular weight is 540 g/mol. The summed E-state index contributed by atoms with van der Waals surface area (Å²) in [6.07, 6.45) is -1.09. The normalized spacial score (nSPS) is 14.6. The zero-order chi connectivity index (χ0) is 27.7. The summed E-state index contributed by atoms with van der Waals surface area (Å²) < 4.78 is 51.7. The quantitative estimate of drug-likeness (QED) is 0.277. The fraction of sp³-hybridized carbons (Fsp3) is 0.357. The molecule has 204 valence electrons. The molecule has 4 aromatic rings. The number of hydrogen-bond acceptors (Lipinski definition) is 7. The van der Waals surface area contributed by atoms with E-state index in [0.29, 0.717) is 40.0 Å². The van der Waals surface area contributed by atoms with Crippen LogP contribution in [0.2, 0.25) is 0 Å². The highest BCUT2D eigenvalue weighted by atomic mass is 19.4. The molecular weight excluding hydrogens is 511 g/mol. The van der Waals surface area contributed by atoms with Gasteiger partial charge in [-0.05, 0) is 55.5 Å². The predicted molar refractivity (Wildman–Crippen MR) is 140 cm³/mol. The number of hydrogen-bond donors (Lipinski definition) is 1. The van der Waals surface area contributed by atoms with Crippen molar-refractivity contribution in [3.8, 4) is 17.1 Å². The summed E-state index contributed by atoms with van der Waals surface area (Å²) in [5, 5.41) is 3.46. The molecule has 39 heavy (non-hydrogen) atoms. The Hall–Kier alpha value is -4.15. The molecule has 8 nitrogen and oxygen atoms in total. The van der Waals surface area contributed by atoms with Crippen molar-refractivity contribution in [1.82, 2.24) is 19.5 Å². The van der Waals surface area contributed by atoms with E-state index in [1.54, 1.807) is 13.2 Å². The molecule has 0 bridgehead atoms. The molecule has 1 atom stereocenters. The average Bonchev–Trinajstić information content (AvgIpc) is 3.25. The summed E-state index contributed by atoms with van der Waals surface area (Å²) in [6.45, 7) is 2.25. The number of aromatic nitrogens is 4. The first-order chi connectivity index (χ1) is 18.7. The monoisotopic (exact) mass is 539 g/mol. The van der Waals surface area contributed by atoms with Crippen LogP contribution in [0, 0.1) is 5.92 Å². The topological polar surface area (TPSA) is 91.2 Å². The number of halogens is 3. The molecule has 0 radical (unpaired) electrons. The fourth-order valence-electron chi connectivity index (χ4n) is 4.71. The minimum absolute atomic E-state index is 0.0667. The first kappa shape index (κ1) is 26.5. The Morgan fingerprint density at radius 2 is 1.85 bits per heavy atom. The minimum atomic E-state index is -4.43. The highest BCUT2D eigenvalue weighted by molar-refractivity contribution is 5.93. The number of imidazole rings is 1. The van der Waals surface area contributed by atoms with Crippen LogP contribution >= 0.6 is 0 Å². The third-order valence-corrected chi connectivity index (χ3v) is 7.14. The zero-order valence-electron chi connectivity index (χ0n) is 21.7. The summed E-state index contributed by atoms with van der Waals surface area (Å²) in [7, 11) is 2.81. The van der Waals surface area contributed by atoms with Crippen LogP contribution in [0.4, 0.5) is 19.0 Å². The van der Waals surface area contributed by atoms with Crippen LogP contribution in [0.15, 0.2) is 48.5 Å². The van der Waals surface area contributed by atoms with Crippen molar-refractivity contribution in [1.29, 1.82) is 0 Å². The Morgan fingerprint density at radius 1 is 1.10 bits per heavy atom. The van der Waals surface area contributed by atoms with E-state index < -0.39 is 17.7 Å². The SMILES string of the molecule is COC(=O)c1nc(N[C@H](C)C2CCC2)c2c(n1)nc(-c1cccc(OC)c1)n2Cc1ccc(C(F)(F)F)cc1. The Kier molecular flexibility index (Phi) is 7.16. The summed E-state index contributed by atoms with van der Waals surface area (Å²) in [5.41, 5.74) is 1.40. The van der Waals surface area contributed by atoms with E-state index in [4.69, 9.17) is 14.5 Å². The van der Waals surface area contributed by atoms with Gasteiger partial charge >= 0.3 is 12.1 Å². The van der Waals surface area contributed by atoms with Crippen molar-refractivity contribution in [3.63, 3.8) is 0 Å². The maximum absolute atomic E-state index is 13.2. The first-order valence-corrected chi connectivity index (χ1v) is 12.6. The van der Waals surface area contributed by atoms with E-state index in [1.165, 1.54) is 19.2 Å². The number of rotatable bonds is 8. The smallest absolute Gasteiger partial charge is 0.416 e. The third kappa shape index (κ3) is 5.39. The summed E-state index contributed by atoms with van der Waals surface area (Å²) in [6, 6.07) is 12.3. The van der Waals surface area contributed by atoms with E-state index in [-0.39, 0.29) is 24.1 Å². The van der Waals surface area contributed by atoms with E-state index in [2.05, 4.69) is 22.2 Å². The molecule has 2 aromatic heterocycles. The molecular formula is C28H28F3N5O3. The van der Waals surface area contributed by atoms with Crippen molar-refractivity contribution in [2.75, 3.05) is 19.5 Å². The lowest BCUT2D eigenvalue weighted by molar-refractivity contribution is -0.137. The third-order valence-electron chi connectivity index (χ3n) is 7.14. The van der Waals surface area contributed by atoms with Gasteiger partial charge in [0.2, 0.25) is 5.82 Å². The second-order valence-corrected chi connectivity index (χ2v) is 9.63. The lowest BCUT2D eigenvalue weighted by Crippen LogP contribution is -2.31. The zero-order valence-corrected chi connectivity index (χ0v) is 21.7. The van der Waals surface area contributed by atoms with Gasteiger partial charge in [0.05, 0.1) is 19.8 Å². The molecule has 5 rings (SSSR count). The van der Waals surface area contributed by atoms with Crippen LogP contribution < -0.4 is 10.1 Å². The van der Waals surface area contributed by atoms with Crippen LogP contribution in [-0.4, -0.2) is 45.7 Å².